The molecule has 0 spiro atoms. The van der Waals surface area contributed by atoms with Crippen LogP contribution in [-0.4, -0.2) is 38.8 Å². The van der Waals surface area contributed by atoms with Gasteiger partial charge in [0.05, 0.1) is 10.5 Å². The van der Waals surface area contributed by atoms with E-state index in [1.165, 1.54) is 12.1 Å². The molecule has 1 aromatic rings. The van der Waals surface area contributed by atoms with E-state index in [4.69, 9.17) is 0 Å². The van der Waals surface area contributed by atoms with Gasteiger partial charge in [-0.2, -0.15) is 0 Å². The molecule has 1 aromatic carbocycles. The van der Waals surface area contributed by atoms with Gasteiger partial charge in [-0.15, -0.1) is 12.4 Å². The lowest BCUT2D eigenvalue weighted by atomic mass is 9.95. The van der Waals surface area contributed by atoms with E-state index in [2.05, 4.69) is 10.0 Å². The Kier molecular flexibility index (Phi) is 6.12. The maximum Gasteiger partial charge on any atom is 0.240 e. The summed E-state index contributed by atoms with van der Waals surface area (Å²) in [5, 5.41) is 13.2. The Bertz CT molecular complexity index is 589. The Morgan fingerprint density at radius 3 is 2.76 bits per heavy atom. The molecule has 0 radical (unpaired) electrons. The highest BCUT2D eigenvalue weighted by Crippen LogP contribution is 2.17. The summed E-state index contributed by atoms with van der Waals surface area (Å²) < 4.78 is 39.9. The van der Waals surface area contributed by atoms with Crippen LogP contribution in [0.1, 0.15) is 18.4 Å². The zero-order valence-electron chi connectivity index (χ0n) is 11.7. The summed E-state index contributed by atoms with van der Waals surface area (Å²) in [5.74, 6) is -0.564. The Hall–Kier alpha value is -0.730. The maximum absolute atomic E-state index is 13.4. The minimum atomic E-state index is -3.81. The molecule has 1 unspecified atom stereocenters. The van der Waals surface area contributed by atoms with E-state index in [-0.39, 0.29) is 23.8 Å². The molecule has 120 valence electrons. The van der Waals surface area contributed by atoms with Crippen LogP contribution in [0.25, 0.3) is 0 Å². The Morgan fingerprint density at radius 1 is 1.48 bits per heavy atom. The summed E-state index contributed by atoms with van der Waals surface area (Å²) >= 11 is 0. The first-order valence-corrected chi connectivity index (χ1v) is 8.00. The smallest absolute Gasteiger partial charge is 0.240 e. The third-order valence-electron chi connectivity index (χ3n) is 3.49. The van der Waals surface area contributed by atoms with Crippen molar-refractivity contribution in [3.05, 3.63) is 29.6 Å². The Labute approximate surface area is 130 Å². The summed E-state index contributed by atoms with van der Waals surface area (Å²) in [7, 11) is -3.81. The van der Waals surface area contributed by atoms with Crippen molar-refractivity contribution >= 4 is 22.4 Å². The van der Waals surface area contributed by atoms with Gasteiger partial charge in [0, 0.05) is 13.1 Å². The van der Waals surface area contributed by atoms with Crippen LogP contribution in [0.15, 0.2) is 23.1 Å². The van der Waals surface area contributed by atoms with Gasteiger partial charge in [-0.3, -0.25) is 0 Å². The van der Waals surface area contributed by atoms with Crippen LogP contribution in [0.2, 0.25) is 0 Å². The van der Waals surface area contributed by atoms with Crippen molar-refractivity contribution < 1.29 is 17.9 Å². The van der Waals surface area contributed by atoms with Crippen molar-refractivity contribution in [2.24, 2.45) is 0 Å². The molecule has 1 fully saturated rings. The van der Waals surface area contributed by atoms with Crippen molar-refractivity contribution in [2.45, 2.75) is 30.3 Å². The molecule has 0 bridgehead atoms. The van der Waals surface area contributed by atoms with Gasteiger partial charge in [0.15, 0.2) is 0 Å². The van der Waals surface area contributed by atoms with Crippen molar-refractivity contribution in [3.63, 3.8) is 0 Å². The standard InChI is InChI=1S/C13H19FN2O3S.ClH/c1-10-3-4-11(7-12(10)14)20(18,19)16-9-13(17)5-2-6-15-8-13;/h3-4,7,15-17H,2,5-6,8-9H2,1H3;1H. The highest BCUT2D eigenvalue weighted by molar-refractivity contribution is 7.89. The average Bonchev–Trinajstić information content (AvgIpc) is 2.41. The third-order valence-corrected chi connectivity index (χ3v) is 4.89. The topological polar surface area (TPSA) is 78.4 Å². The number of sulfonamides is 1. The van der Waals surface area contributed by atoms with Gasteiger partial charge in [0.25, 0.3) is 0 Å². The van der Waals surface area contributed by atoms with E-state index in [0.717, 1.165) is 19.0 Å². The Balaban J connectivity index is 0.00000220. The number of aliphatic hydroxyl groups is 1. The molecule has 3 N–H and O–H groups in total. The number of aryl methyl sites for hydroxylation is 1. The normalized spacial score (nSPS) is 22.6. The summed E-state index contributed by atoms with van der Waals surface area (Å²) in [6.07, 6.45) is 1.32. The molecule has 0 saturated carbocycles. The first-order valence-electron chi connectivity index (χ1n) is 6.51. The molecular formula is C13H20ClFN2O3S. The van der Waals surface area contributed by atoms with E-state index < -0.39 is 21.4 Å². The maximum atomic E-state index is 13.4. The molecule has 1 aliphatic heterocycles. The Morgan fingerprint density at radius 2 is 2.19 bits per heavy atom. The third kappa shape index (κ3) is 4.62. The second-order valence-electron chi connectivity index (χ2n) is 5.24. The van der Waals surface area contributed by atoms with Crippen molar-refractivity contribution in [3.8, 4) is 0 Å². The molecule has 0 aromatic heterocycles. The van der Waals surface area contributed by atoms with Gasteiger partial charge in [0.1, 0.15) is 5.82 Å². The van der Waals surface area contributed by atoms with E-state index >= 15 is 0 Å². The largest absolute Gasteiger partial charge is 0.387 e. The molecule has 5 nitrogen and oxygen atoms in total. The highest BCUT2D eigenvalue weighted by Gasteiger charge is 2.31. The number of benzene rings is 1. The van der Waals surface area contributed by atoms with Gasteiger partial charge in [-0.25, -0.2) is 17.5 Å². The van der Waals surface area contributed by atoms with Gasteiger partial charge < -0.3 is 10.4 Å². The predicted octanol–water partition coefficient (Wildman–Crippen LogP) is 0.949. The quantitative estimate of drug-likeness (QED) is 0.763. The van der Waals surface area contributed by atoms with Crippen LogP contribution in [-0.2, 0) is 10.0 Å². The summed E-state index contributed by atoms with van der Waals surface area (Å²) in [4.78, 5) is -0.132. The number of hydrogen-bond acceptors (Lipinski definition) is 4. The number of hydrogen-bond donors (Lipinski definition) is 3. The van der Waals surface area contributed by atoms with Crippen LogP contribution in [0.3, 0.4) is 0 Å². The van der Waals surface area contributed by atoms with E-state index in [0.29, 0.717) is 18.5 Å². The molecule has 1 aliphatic rings. The second-order valence-corrected chi connectivity index (χ2v) is 7.01. The average molecular weight is 339 g/mol. The fourth-order valence-corrected chi connectivity index (χ4v) is 3.29. The fourth-order valence-electron chi connectivity index (χ4n) is 2.16. The lowest BCUT2D eigenvalue weighted by Crippen LogP contribution is -2.52. The molecule has 8 heteroatoms. The van der Waals surface area contributed by atoms with Gasteiger partial charge in [-0.05, 0) is 44.0 Å². The van der Waals surface area contributed by atoms with Crippen molar-refractivity contribution in [1.29, 1.82) is 0 Å². The molecule has 1 heterocycles. The number of halogens is 2. The SMILES string of the molecule is Cc1ccc(S(=O)(=O)NCC2(O)CCCNC2)cc1F.Cl. The lowest BCUT2D eigenvalue weighted by molar-refractivity contribution is 0.0218. The van der Waals surface area contributed by atoms with Crippen LogP contribution < -0.4 is 10.0 Å². The molecule has 2 rings (SSSR count). The minimum absolute atomic E-state index is 0. The summed E-state index contributed by atoms with van der Waals surface area (Å²) in [6, 6.07) is 3.76. The molecule has 0 aliphatic carbocycles. The molecule has 0 amide bonds. The lowest BCUT2D eigenvalue weighted by Gasteiger charge is -2.32. The minimum Gasteiger partial charge on any atom is -0.387 e. The van der Waals surface area contributed by atoms with Gasteiger partial charge >= 0.3 is 0 Å². The number of β-amino-alcohol motifs (C(OH)–C–C–N with tert-alkyl or cyclic N) is 1. The molecule has 21 heavy (non-hydrogen) atoms. The van der Waals surface area contributed by atoms with E-state index in [1.54, 1.807) is 6.92 Å². The molecule has 1 saturated heterocycles. The molecular weight excluding hydrogens is 319 g/mol. The van der Waals surface area contributed by atoms with Crippen molar-refractivity contribution in [1.82, 2.24) is 10.0 Å². The monoisotopic (exact) mass is 338 g/mol. The highest BCUT2D eigenvalue weighted by atomic mass is 35.5. The number of piperidine rings is 1. The first kappa shape index (κ1) is 18.3. The summed E-state index contributed by atoms with van der Waals surface area (Å²) in [6.45, 7) is 2.64. The fraction of sp³-hybridized carbons (Fsp3) is 0.538. The number of nitrogens with one attached hydrogen (secondary N) is 2. The van der Waals surface area contributed by atoms with Crippen LogP contribution >= 0.6 is 12.4 Å². The van der Waals surface area contributed by atoms with Crippen LogP contribution in [0, 0.1) is 12.7 Å². The zero-order chi connectivity index (χ0) is 14.8. The van der Waals surface area contributed by atoms with Gasteiger partial charge in [-0.1, -0.05) is 6.07 Å². The summed E-state index contributed by atoms with van der Waals surface area (Å²) in [5.41, 5.74) is -0.701. The number of rotatable bonds is 4. The van der Waals surface area contributed by atoms with Crippen molar-refractivity contribution in [2.75, 3.05) is 19.6 Å². The van der Waals surface area contributed by atoms with Crippen LogP contribution in [0.5, 0.6) is 0 Å². The zero-order valence-corrected chi connectivity index (χ0v) is 13.4. The first-order chi connectivity index (χ1) is 9.32. The molecule has 1 atom stereocenters. The van der Waals surface area contributed by atoms with E-state index in [9.17, 15) is 17.9 Å². The predicted molar refractivity (Wildman–Crippen MR) is 80.6 cm³/mol. The van der Waals surface area contributed by atoms with Crippen LogP contribution in [0.4, 0.5) is 4.39 Å². The van der Waals surface area contributed by atoms with E-state index in [1.807, 2.05) is 0 Å². The second kappa shape index (κ2) is 7.02. The van der Waals surface area contributed by atoms with Gasteiger partial charge in [0.2, 0.25) is 10.0 Å².